The second-order valence-corrected chi connectivity index (χ2v) is 5.46. The molecule has 0 saturated heterocycles. The molecule has 0 radical (unpaired) electrons. The van der Waals surface area contributed by atoms with Crippen molar-refractivity contribution in [2.24, 2.45) is 0 Å². The van der Waals surface area contributed by atoms with Gasteiger partial charge in [-0.1, -0.05) is 23.7 Å². The maximum atomic E-state index is 6.14. The molecule has 0 aliphatic heterocycles. The summed E-state index contributed by atoms with van der Waals surface area (Å²) in [7, 11) is 0. The molecule has 0 N–H and O–H groups in total. The molecule has 0 bridgehead atoms. The third-order valence-corrected chi connectivity index (χ3v) is 4.07. The topological polar surface area (TPSA) is 14.2 Å². The Labute approximate surface area is 119 Å². The Balaban J connectivity index is 1.83. The molecule has 100 valence electrons. The molecule has 0 spiro atoms. The van der Waals surface area contributed by atoms with E-state index in [-0.39, 0.29) is 6.23 Å². The number of aryl methyl sites for hydroxylation is 1. The third-order valence-electron chi connectivity index (χ3n) is 3.75. The molecule has 1 aliphatic carbocycles. The van der Waals surface area contributed by atoms with E-state index in [1.165, 1.54) is 30.5 Å². The van der Waals surface area contributed by atoms with Crippen LogP contribution in [-0.4, -0.2) is 4.57 Å². The first kappa shape index (κ1) is 12.6. The van der Waals surface area contributed by atoms with E-state index in [0.29, 0.717) is 5.02 Å². The molecule has 1 aliphatic rings. The van der Waals surface area contributed by atoms with Gasteiger partial charge >= 0.3 is 0 Å². The van der Waals surface area contributed by atoms with Crippen LogP contribution in [0.4, 0.5) is 0 Å². The number of fused-ring (bicyclic) bond motifs is 1. The molecular formula is C16H18ClNO. The molecule has 1 atom stereocenters. The fourth-order valence-corrected chi connectivity index (χ4v) is 2.95. The number of benzene rings is 1. The zero-order valence-electron chi connectivity index (χ0n) is 11.1. The third kappa shape index (κ3) is 2.50. The lowest BCUT2D eigenvalue weighted by Gasteiger charge is -2.22. The van der Waals surface area contributed by atoms with Crippen molar-refractivity contribution in [2.45, 2.75) is 38.8 Å². The highest BCUT2D eigenvalue weighted by Crippen LogP contribution is 2.29. The zero-order valence-corrected chi connectivity index (χ0v) is 11.9. The van der Waals surface area contributed by atoms with E-state index < -0.39 is 0 Å². The first-order chi connectivity index (χ1) is 9.25. The molecule has 0 fully saturated rings. The largest absolute Gasteiger partial charge is 0.469 e. The van der Waals surface area contributed by atoms with Gasteiger partial charge in [0.15, 0.2) is 6.23 Å². The van der Waals surface area contributed by atoms with Gasteiger partial charge in [0, 0.05) is 11.9 Å². The molecule has 0 amide bonds. The van der Waals surface area contributed by atoms with E-state index in [0.717, 1.165) is 12.2 Å². The van der Waals surface area contributed by atoms with Crippen molar-refractivity contribution < 1.29 is 4.74 Å². The number of rotatable bonds is 3. The summed E-state index contributed by atoms with van der Waals surface area (Å²) >= 11 is 6.14. The van der Waals surface area contributed by atoms with E-state index in [1.54, 1.807) is 0 Å². The molecule has 19 heavy (non-hydrogen) atoms. The average molecular weight is 276 g/mol. The van der Waals surface area contributed by atoms with Gasteiger partial charge in [-0.15, -0.1) is 0 Å². The Morgan fingerprint density at radius 1 is 1.16 bits per heavy atom. The summed E-state index contributed by atoms with van der Waals surface area (Å²) in [4.78, 5) is 0. The van der Waals surface area contributed by atoms with Gasteiger partial charge in [0.1, 0.15) is 5.75 Å². The minimum Gasteiger partial charge on any atom is -0.469 e. The zero-order chi connectivity index (χ0) is 13.2. The van der Waals surface area contributed by atoms with Gasteiger partial charge in [0.25, 0.3) is 0 Å². The van der Waals surface area contributed by atoms with Crippen LogP contribution in [0.15, 0.2) is 36.5 Å². The summed E-state index contributed by atoms with van der Waals surface area (Å²) in [6.45, 7) is 2.07. The Kier molecular flexibility index (Phi) is 3.52. The second kappa shape index (κ2) is 5.30. The normalized spacial score (nSPS) is 15.9. The van der Waals surface area contributed by atoms with Gasteiger partial charge in [0.05, 0.1) is 5.02 Å². The molecule has 1 unspecified atom stereocenters. The smallest absolute Gasteiger partial charge is 0.173 e. The van der Waals surface area contributed by atoms with Gasteiger partial charge in [-0.2, -0.15) is 0 Å². The molecular weight excluding hydrogens is 258 g/mol. The fraction of sp³-hybridized carbons (Fsp3) is 0.375. The quantitative estimate of drug-likeness (QED) is 0.797. The van der Waals surface area contributed by atoms with Gasteiger partial charge in [-0.05, 0) is 56.4 Å². The molecule has 2 nitrogen and oxygen atoms in total. The molecule has 1 aromatic heterocycles. The number of nitrogens with zero attached hydrogens (tertiary/aromatic N) is 1. The standard InChI is InChI=1S/C16H18ClNO/c1-12(19-16-9-5-3-7-14(16)17)18-11-10-13-6-2-4-8-15(13)18/h3,5,7,9-12H,2,4,6,8H2,1H3. The van der Waals surface area contributed by atoms with Crippen molar-refractivity contribution in [3.8, 4) is 5.75 Å². The van der Waals surface area contributed by atoms with Crippen LogP contribution in [0.25, 0.3) is 0 Å². The van der Waals surface area contributed by atoms with Crippen LogP contribution in [0.3, 0.4) is 0 Å². The van der Waals surface area contributed by atoms with Crippen LogP contribution >= 0.6 is 11.6 Å². The molecule has 1 heterocycles. The summed E-state index contributed by atoms with van der Waals surface area (Å²) in [6.07, 6.45) is 7.03. The number of halogens is 1. The van der Waals surface area contributed by atoms with Crippen molar-refractivity contribution in [3.63, 3.8) is 0 Å². The van der Waals surface area contributed by atoms with Crippen molar-refractivity contribution in [2.75, 3.05) is 0 Å². The fourth-order valence-electron chi connectivity index (χ4n) is 2.77. The highest BCUT2D eigenvalue weighted by atomic mass is 35.5. The highest BCUT2D eigenvalue weighted by molar-refractivity contribution is 6.32. The highest BCUT2D eigenvalue weighted by Gasteiger charge is 2.17. The van der Waals surface area contributed by atoms with Crippen LogP contribution in [-0.2, 0) is 12.8 Å². The van der Waals surface area contributed by atoms with E-state index >= 15 is 0 Å². The number of hydrogen-bond donors (Lipinski definition) is 0. The summed E-state index contributed by atoms with van der Waals surface area (Å²) in [5.41, 5.74) is 2.90. The number of ether oxygens (including phenoxy) is 1. The van der Waals surface area contributed by atoms with Crippen molar-refractivity contribution in [3.05, 3.63) is 52.8 Å². The summed E-state index contributed by atoms with van der Waals surface area (Å²) < 4.78 is 8.22. The van der Waals surface area contributed by atoms with E-state index in [9.17, 15) is 0 Å². The van der Waals surface area contributed by atoms with Crippen molar-refractivity contribution >= 4 is 11.6 Å². The molecule has 3 heteroatoms. The van der Waals surface area contributed by atoms with E-state index in [1.807, 2.05) is 24.3 Å². The van der Waals surface area contributed by atoms with Crippen LogP contribution in [0.2, 0.25) is 5.02 Å². The minimum absolute atomic E-state index is 0.0262. The minimum atomic E-state index is -0.0262. The predicted octanol–water partition coefficient (Wildman–Crippen LogP) is 4.62. The maximum Gasteiger partial charge on any atom is 0.173 e. The van der Waals surface area contributed by atoms with E-state index in [2.05, 4.69) is 23.8 Å². The lowest BCUT2D eigenvalue weighted by molar-refractivity contribution is 0.149. The Morgan fingerprint density at radius 3 is 2.79 bits per heavy atom. The second-order valence-electron chi connectivity index (χ2n) is 5.05. The lowest BCUT2D eigenvalue weighted by atomic mass is 9.98. The first-order valence-electron chi connectivity index (χ1n) is 6.85. The lowest BCUT2D eigenvalue weighted by Crippen LogP contribution is -2.16. The SMILES string of the molecule is CC(Oc1ccccc1Cl)n1ccc2c1CCCC2. The molecule has 2 aromatic rings. The predicted molar refractivity (Wildman–Crippen MR) is 77.9 cm³/mol. The molecule has 1 aromatic carbocycles. The van der Waals surface area contributed by atoms with Crippen LogP contribution in [0, 0.1) is 0 Å². The monoisotopic (exact) mass is 275 g/mol. The Bertz CT molecular complexity index is 576. The van der Waals surface area contributed by atoms with Gasteiger partial charge in [-0.3, -0.25) is 0 Å². The summed E-state index contributed by atoms with van der Waals surface area (Å²) in [5.74, 6) is 0.745. The number of aromatic nitrogens is 1. The van der Waals surface area contributed by atoms with Crippen molar-refractivity contribution in [1.29, 1.82) is 0 Å². The maximum absolute atomic E-state index is 6.14. The van der Waals surface area contributed by atoms with Crippen LogP contribution in [0.5, 0.6) is 5.75 Å². The van der Waals surface area contributed by atoms with E-state index in [4.69, 9.17) is 16.3 Å². The number of hydrogen-bond acceptors (Lipinski definition) is 1. The Hall–Kier alpha value is -1.41. The van der Waals surface area contributed by atoms with Crippen LogP contribution < -0.4 is 4.74 Å². The summed E-state index contributed by atoms with van der Waals surface area (Å²) in [5, 5.41) is 0.662. The van der Waals surface area contributed by atoms with Gasteiger partial charge in [-0.25, -0.2) is 0 Å². The summed E-state index contributed by atoms with van der Waals surface area (Å²) in [6, 6.07) is 9.85. The number of para-hydroxylation sites is 1. The van der Waals surface area contributed by atoms with Gasteiger partial charge < -0.3 is 9.30 Å². The average Bonchev–Trinajstić information content (AvgIpc) is 2.85. The first-order valence-corrected chi connectivity index (χ1v) is 7.23. The van der Waals surface area contributed by atoms with Crippen LogP contribution in [0.1, 0.15) is 37.3 Å². The molecule has 0 saturated carbocycles. The molecule has 3 rings (SSSR count). The van der Waals surface area contributed by atoms with Crippen molar-refractivity contribution in [1.82, 2.24) is 4.57 Å². The Morgan fingerprint density at radius 2 is 1.95 bits per heavy atom. The van der Waals surface area contributed by atoms with Gasteiger partial charge in [0.2, 0.25) is 0 Å².